The van der Waals surface area contributed by atoms with Crippen LogP contribution in [0.1, 0.15) is 31.2 Å². The van der Waals surface area contributed by atoms with Gasteiger partial charge in [0.2, 0.25) is 17.7 Å². The van der Waals surface area contributed by atoms with Gasteiger partial charge in [-0.1, -0.05) is 30.3 Å². The summed E-state index contributed by atoms with van der Waals surface area (Å²) in [5.74, 6) is -6.64. The molecule has 0 bridgehead atoms. The minimum atomic E-state index is -1.59. The molecule has 1 aliphatic rings. The van der Waals surface area contributed by atoms with E-state index in [9.17, 15) is 39.0 Å². The lowest BCUT2D eigenvalue weighted by Crippen LogP contribution is -2.57. The molecule has 13 nitrogen and oxygen atoms in total. The topological polar surface area (TPSA) is 216 Å². The van der Waals surface area contributed by atoms with Crippen LogP contribution in [0.4, 0.5) is 0 Å². The van der Waals surface area contributed by atoms with Crippen LogP contribution in [0.25, 0.3) is 0 Å². The van der Waals surface area contributed by atoms with Crippen molar-refractivity contribution in [1.29, 1.82) is 0 Å². The SMILES string of the molecule is NC(CC(=O)O)C(=O)NC(CC(=O)O)C(=O)N1CCCC1C(=O)NC(Cc1ccccc1)C(=O)O. The molecule has 0 spiro atoms. The molecule has 13 heteroatoms. The number of likely N-dealkylation sites (tertiary alicyclic amines) is 1. The Bertz CT molecular complexity index is 969. The Morgan fingerprint density at radius 1 is 0.943 bits per heavy atom. The molecule has 4 atom stereocenters. The van der Waals surface area contributed by atoms with Gasteiger partial charge in [-0.2, -0.15) is 0 Å². The Hall–Kier alpha value is -4.00. The highest BCUT2D eigenvalue weighted by Crippen LogP contribution is 2.20. The molecular weight excluding hydrogens is 464 g/mol. The van der Waals surface area contributed by atoms with Crippen molar-refractivity contribution in [3.8, 4) is 0 Å². The third-order valence-corrected chi connectivity index (χ3v) is 5.46. The van der Waals surface area contributed by atoms with Gasteiger partial charge in [-0.25, -0.2) is 4.79 Å². The second kappa shape index (κ2) is 12.5. The van der Waals surface area contributed by atoms with Gasteiger partial charge in [0.1, 0.15) is 18.1 Å². The van der Waals surface area contributed by atoms with Crippen molar-refractivity contribution in [1.82, 2.24) is 15.5 Å². The van der Waals surface area contributed by atoms with Crippen LogP contribution in [0.2, 0.25) is 0 Å². The normalized spacial score (nSPS) is 17.6. The van der Waals surface area contributed by atoms with Crippen LogP contribution in [-0.2, 0) is 35.2 Å². The molecule has 1 heterocycles. The fourth-order valence-corrected chi connectivity index (χ4v) is 3.76. The zero-order valence-electron chi connectivity index (χ0n) is 18.8. The Morgan fingerprint density at radius 3 is 2.14 bits per heavy atom. The number of aliphatic carboxylic acids is 3. The van der Waals surface area contributed by atoms with Crippen molar-refractivity contribution in [3.63, 3.8) is 0 Å². The highest BCUT2D eigenvalue weighted by atomic mass is 16.4. The molecule has 1 saturated heterocycles. The predicted molar refractivity (Wildman–Crippen MR) is 119 cm³/mol. The summed E-state index contributed by atoms with van der Waals surface area (Å²) in [7, 11) is 0. The quantitative estimate of drug-likeness (QED) is 0.199. The number of carbonyl (C=O) groups excluding carboxylic acids is 3. The zero-order chi connectivity index (χ0) is 26.1. The predicted octanol–water partition coefficient (Wildman–Crippen LogP) is -1.45. The molecule has 3 amide bonds. The first-order valence-corrected chi connectivity index (χ1v) is 10.9. The lowest BCUT2D eigenvalue weighted by molar-refractivity contribution is -0.147. The molecule has 1 aliphatic heterocycles. The first kappa shape index (κ1) is 27.2. The van der Waals surface area contributed by atoms with Crippen LogP contribution < -0.4 is 16.4 Å². The third kappa shape index (κ3) is 8.07. The molecule has 1 aromatic carbocycles. The number of amides is 3. The molecule has 4 unspecified atom stereocenters. The van der Waals surface area contributed by atoms with Gasteiger partial charge in [-0.15, -0.1) is 0 Å². The summed E-state index contributed by atoms with van der Waals surface area (Å²) >= 11 is 0. The summed E-state index contributed by atoms with van der Waals surface area (Å²) in [6.07, 6.45) is -0.927. The van der Waals surface area contributed by atoms with Crippen molar-refractivity contribution < 1.29 is 44.1 Å². The Balaban J connectivity index is 2.13. The molecule has 0 aliphatic carbocycles. The van der Waals surface area contributed by atoms with Crippen LogP contribution in [-0.4, -0.2) is 86.6 Å². The monoisotopic (exact) mass is 492 g/mol. The number of carboxylic acids is 3. The van der Waals surface area contributed by atoms with Crippen LogP contribution in [0, 0.1) is 0 Å². The number of nitrogens with two attached hydrogens (primary N) is 1. The fourth-order valence-electron chi connectivity index (χ4n) is 3.76. The number of hydrogen-bond acceptors (Lipinski definition) is 7. The minimum Gasteiger partial charge on any atom is -0.481 e. The molecule has 0 saturated carbocycles. The molecular formula is C22H28N4O9. The van der Waals surface area contributed by atoms with Gasteiger partial charge < -0.3 is 36.6 Å². The van der Waals surface area contributed by atoms with E-state index in [1.165, 1.54) is 0 Å². The van der Waals surface area contributed by atoms with E-state index >= 15 is 0 Å². The largest absolute Gasteiger partial charge is 0.481 e. The van der Waals surface area contributed by atoms with Crippen molar-refractivity contribution in [2.24, 2.45) is 5.73 Å². The van der Waals surface area contributed by atoms with Crippen LogP contribution in [0.15, 0.2) is 30.3 Å². The lowest BCUT2D eigenvalue weighted by atomic mass is 10.0. The number of rotatable bonds is 12. The van der Waals surface area contributed by atoms with Crippen molar-refractivity contribution in [2.75, 3.05) is 6.54 Å². The molecule has 190 valence electrons. The van der Waals surface area contributed by atoms with E-state index in [-0.39, 0.29) is 19.4 Å². The molecule has 35 heavy (non-hydrogen) atoms. The second-order valence-electron chi connectivity index (χ2n) is 8.14. The third-order valence-electron chi connectivity index (χ3n) is 5.46. The van der Waals surface area contributed by atoms with Gasteiger partial charge in [-0.05, 0) is 18.4 Å². The standard InChI is InChI=1S/C22H28N4O9/c23-13(10-17(27)28)19(31)24-14(11-18(29)30)21(33)26-8-4-7-16(26)20(32)25-15(22(34)35)9-12-5-2-1-3-6-12/h1-3,5-6,13-16H,4,7-11,23H2,(H,24,31)(H,25,32)(H,27,28)(H,29,30)(H,34,35). The average Bonchev–Trinajstić information content (AvgIpc) is 3.27. The number of carboxylic acid groups (broad SMARTS) is 3. The van der Waals surface area contributed by atoms with Crippen molar-refractivity contribution in [3.05, 3.63) is 35.9 Å². The Morgan fingerprint density at radius 2 is 1.57 bits per heavy atom. The summed E-state index contributed by atoms with van der Waals surface area (Å²) in [4.78, 5) is 73.0. The van der Waals surface area contributed by atoms with Crippen molar-refractivity contribution in [2.45, 2.75) is 56.3 Å². The summed E-state index contributed by atoms with van der Waals surface area (Å²) in [6, 6.07) is 3.22. The number of carbonyl (C=O) groups is 6. The van der Waals surface area contributed by atoms with Crippen LogP contribution in [0.5, 0.6) is 0 Å². The van der Waals surface area contributed by atoms with E-state index in [1.54, 1.807) is 30.3 Å². The fraction of sp³-hybridized carbons (Fsp3) is 0.455. The average molecular weight is 492 g/mol. The summed E-state index contributed by atoms with van der Waals surface area (Å²) in [5.41, 5.74) is 6.17. The first-order chi connectivity index (χ1) is 16.5. The second-order valence-corrected chi connectivity index (χ2v) is 8.14. The van der Waals surface area contributed by atoms with E-state index in [4.69, 9.17) is 10.8 Å². The van der Waals surface area contributed by atoms with E-state index in [1.807, 2.05) is 0 Å². The molecule has 1 aromatic rings. The number of hydrogen-bond donors (Lipinski definition) is 6. The minimum absolute atomic E-state index is 0.0156. The molecule has 0 radical (unpaired) electrons. The molecule has 1 fully saturated rings. The maximum atomic E-state index is 13.1. The lowest BCUT2D eigenvalue weighted by Gasteiger charge is -2.29. The molecule has 2 rings (SSSR count). The number of benzene rings is 1. The van der Waals surface area contributed by atoms with Gasteiger partial charge in [0, 0.05) is 13.0 Å². The van der Waals surface area contributed by atoms with Gasteiger partial charge in [0.15, 0.2) is 0 Å². The summed E-state index contributed by atoms with van der Waals surface area (Å²) in [6.45, 7) is 0.0838. The maximum absolute atomic E-state index is 13.1. The zero-order valence-corrected chi connectivity index (χ0v) is 18.8. The summed E-state index contributed by atoms with van der Waals surface area (Å²) in [5, 5.41) is 32.1. The highest BCUT2D eigenvalue weighted by molar-refractivity contribution is 5.96. The van der Waals surface area contributed by atoms with E-state index in [0.717, 1.165) is 4.90 Å². The van der Waals surface area contributed by atoms with Crippen molar-refractivity contribution >= 4 is 35.6 Å². The highest BCUT2D eigenvalue weighted by Gasteiger charge is 2.39. The van der Waals surface area contributed by atoms with Gasteiger partial charge >= 0.3 is 17.9 Å². The summed E-state index contributed by atoms with van der Waals surface area (Å²) < 4.78 is 0. The van der Waals surface area contributed by atoms with Gasteiger partial charge in [0.25, 0.3) is 0 Å². The molecule has 7 N–H and O–H groups in total. The van der Waals surface area contributed by atoms with E-state index in [0.29, 0.717) is 12.0 Å². The smallest absolute Gasteiger partial charge is 0.326 e. The maximum Gasteiger partial charge on any atom is 0.326 e. The first-order valence-electron chi connectivity index (χ1n) is 10.9. The molecule has 0 aromatic heterocycles. The number of nitrogens with one attached hydrogen (secondary N) is 2. The van der Waals surface area contributed by atoms with Gasteiger partial charge in [-0.3, -0.25) is 24.0 Å². The van der Waals surface area contributed by atoms with Crippen LogP contribution in [0.3, 0.4) is 0 Å². The Kier molecular flexibility index (Phi) is 9.70. The van der Waals surface area contributed by atoms with E-state index < -0.39 is 72.6 Å². The van der Waals surface area contributed by atoms with Crippen LogP contribution >= 0.6 is 0 Å². The van der Waals surface area contributed by atoms with Gasteiger partial charge in [0.05, 0.1) is 18.9 Å². The Labute approximate surface area is 200 Å². The van der Waals surface area contributed by atoms with E-state index in [2.05, 4.69) is 10.6 Å². The number of nitrogens with zero attached hydrogens (tertiary/aromatic N) is 1.